The van der Waals surface area contributed by atoms with Crippen LogP contribution in [0.4, 0.5) is 0 Å². The molecule has 0 amide bonds. The largest absolute Gasteiger partial charge is 0.457 e. The zero-order valence-electron chi connectivity index (χ0n) is 26.7. The number of aliphatic hydroxyl groups excluding tert-OH is 1. The molecule has 0 bridgehead atoms. The average molecular weight is 565 g/mol. The Kier molecular flexibility index (Phi) is 9.11. The highest BCUT2D eigenvalue weighted by Gasteiger charge is 2.52. The summed E-state index contributed by atoms with van der Waals surface area (Å²) in [5.41, 5.74) is 3.05. The first-order valence-electron chi connectivity index (χ1n) is 15.3. The Balaban J connectivity index is 1.37. The second-order valence-electron chi connectivity index (χ2n) is 14.7. The van der Waals surface area contributed by atoms with Crippen molar-refractivity contribution < 1.29 is 19.4 Å². The third kappa shape index (κ3) is 7.40. The van der Waals surface area contributed by atoms with Gasteiger partial charge >= 0.3 is 5.97 Å². The molecule has 0 radical (unpaired) electrons. The number of esters is 1. The summed E-state index contributed by atoms with van der Waals surface area (Å²) in [6.45, 7) is 20.8. The van der Waals surface area contributed by atoms with Gasteiger partial charge in [0.1, 0.15) is 6.10 Å². The number of carbonyl (C=O) groups excluding carboxylic acids is 1. The maximum Gasteiger partial charge on any atom is 0.338 e. The standard InChI is InChI=1S/C35H52N2O4/c1-10-21-37-34(6,7)23-29(35(37,8)9)41-31(39)27-17-13-25(14-18-27)24-11-15-26(16-12-24)30(38)40-28-19-20-32(2,3)36-33(4,5)22-28/h11-18,28-30,36,38H,10,19-23H2,1-9H3. The normalized spacial score (nSPS) is 25.8. The number of rotatable bonds is 8. The number of benzene rings is 2. The van der Waals surface area contributed by atoms with Crippen molar-refractivity contribution in [2.75, 3.05) is 6.54 Å². The molecule has 2 saturated heterocycles. The van der Waals surface area contributed by atoms with E-state index in [1.54, 1.807) is 0 Å². The van der Waals surface area contributed by atoms with Gasteiger partial charge in [-0.15, -0.1) is 0 Å². The van der Waals surface area contributed by atoms with Crippen LogP contribution in [0.1, 0.15) is 117 Å². The lowest BCUT2D eigenvalue weighted by molar-refractivity contribution is -0.146. The van der Waals surface area contributed by atoms with E-state index in [1.165, 1.54) is 0 Å². The van der Waals surface area contributed by atoms with Crippen molar-refractivity contribution in [3.63, 3.8) is 0 Å². The van der Waals surface area contributed by atoms with E-state index in [1.807, 2.05) is 48.5 Å². The van der Waals surface area contributed by atoms with Crippen molar-refractivity contribution in [3.05, 3.63) is 59.7 Å². The van der Waals surface area contributed by atoms with Crippen LogP contribution in [0.2, 0.25) is 0 Å². The minimum atomic E-state index is -0.971. The number of hydrogen-bond donors (Lipinski definition) is 2. The Hall–Kier alpha value is -2.25. The quantitative estimate of drug-likeness (QED) is 0.260. The Labute approximate surface area is 247 Å². The molecule has 2 N–H and O–H groups in total. The van der Waals surface area contributed by atoms with Gasteiger partial charge in [-0.3, -0.25) is 4.90 Å². The van der Waals surface area contributed by atoms with Gasteiger partial charge in [0.05, 0.1) is 17.2 Å². The van der Waals surface area contributed by atoms with Crippen LogP contribution in [0.25, 0.3) is 11.1 Å². The Bertz CT molecular complexity index is 1180. The van der Waals surface area contributed by atoms with E-state index in [2.05, 4.69) is 72.5 Å². The van der Waals surface area contributed by atoms with E-state index < -0.39 is 6.29 Å². The van der Waals surface area contributed by atoms with Crippen LogP contribution in [-0.2, 0) is 9.47 Å². The molecule has 0 spiro atoms. The highest BCUT2D eigenvalue weighted by atomic mass is 16.6. The molecule has 2 heterocycles. The maximum absolute atomic E-state index is 13.1. The lowest BCUT2D eigenvalue weighted by Gasteiger charge is -2.40. The summed E-state index contributed by atoms with van der Waals surface area (Å²) in [5, 5.41) is 14.6. The number of nitrogens with zero attached hydrogens (tertiary/aromatic N) is 1. The second kappa shape index (κ2) is 11.8. The lowest BCUT2D eigenvalue weighted by Crippen LogP contribution is -2.51. The Morgan fingerprint density at radius 3 is 2.10 bits per heavy atom. The molecular weight excluding hydrogens is 512 g/mol. The molecule has 3 unspecified atom stereocenters. The molecule has 2 fully saturated rings. The second-order valence-corrected chi connectivity index (χ2v) is 14.7. The summed E-state index contributed by atoms with van der Waals surface area (Å²) in [6, 6.07) is 15.4. The summed E-state index contributed by atoms with van der Waals surface area (Å²) >= 11 is 0. The van der Waals surface area contributed by atoms with E-state index in [9.17, 15) is 9.90 Å². The first kappa shape index (κ1) is 31.7. The molecule has 3 atom stereocenters. The van der Waals surface area contributed by atoms with Gasteiger partial charge in [0.2, 0.25) is 0 Å². The molecule has 6 nitrogen and oxygen atoms in total. The van der Waals surface area contributed by atoms with Crippen LogP contribution in [0, 0.1) is 0 Å². The Morgan fingerprint density at radius 1 is 0.927 bits per heavy atom. The summed E-state index contributed by atoms with van der Waals surface area (Å²) in [6.07, 6.45) is 3.47. The van der Waals surface area contributed by atoms with E-state index in [0.29, 0.717) is 5.56 Å². The molecule has 41 heavy (non-hydrogen) atoms. The molecule has 0 saturated carbocycles. The predicted molar refractivity (Wildman–Crippen MR) is 166 cm³/mol. The fourth-order valence-corrected chi connectivity index (χ4v) is 7.20. The smallest absolute Gasteiger partial charge is 0.338 e. The summed E-state index contributed by atoms with van der Waals surface area (Å²) < 4.78 is 12.2. The van der Waals surface area contributed by atoms with Gasteiger partial charge in [-0.05, 0) is 111 Å². The lowest BCUT2D eigenvalue weighted by atomic mass is 9.96. The van der Waals surface area contributed by atoms with Crippen LogP contribution in [-0.4, -0.2) is 56.9 Å². The van der Waals surface area contributed by atoms with Crippen LogP contribution in [0.3, 0.4) is 0 Å². The number of aliphatic hydroxyl groups is 1. The Morgan fingerprint density at radius 2 is 1.51 bits per heavy atom. The summed E-state index contributed by atoms with van der Waals surface area (Å²) in [4.78, 5) is 15.6. The van der Waals surface area contributed by atoms with Gasteiger partial charge in [0.15, 0.2) is 6.29 Å². The zero-order chi connectivity index (χ0) is 30.2. The summed E-state index contributed by atoms with van der Waals surface area (Å²) in [5.74, 6) is -0.278. The topological polar surface area (TPSA) is 71.0 Å². The molecular formula is C35H52N2O4. The molecule has 4 rings (SSSR count). The highest BCUT2D eigenvalue weighted by molar-refractivity contribution is 5.90. The zero-order valence-corrected chi connectivity index (χ0v) is 26.7. The SMILES string of the molecule is CCCN1C(C)(C)CC(OC(=O)c2ccc(-c3ccc(C(O)OC4CCC(C)(C)NC(C)(C)C4)cc3)cc2)C1(C)C. The van der Waals surface area contributed by atoms with Gasteiger partial charge in [-0.25, -0.2) is 4.79 Å². The number of hydrogen-bond acceptors (Lipinski definition) is 6. The molecule has 2 aliphatic heterocycles. The third-order valence-corrected chi connectivity index (χ3v) is 9.07. The van der Waals surface area contributed by atoms with Crippen LogP contribution < -0.4 is 5.32 Å². The molecule has 2 aromatic rings. The third-order valence-electron chi connectivity index (χ3n) is 9.07. The number of nitrogens with one attached hydrogen (secondary N) is 1. The van der Waals surface area contributed by atoms with Crippen LogP contribution in [0.5, 0.6) is 0 Å². The predicted octanol–water partition coefficient (Wildman–Crippen LogP) is 7.26. The first-order valence-corrected chi connectivity index (χ1v) is 15.3. The number of likely N-dealkylation sites (tertiary alicyclic amines) is 1. The molecule has 2 aromatic carbocycles. The van der Waals surface area contributed by atoms with Crippen LogP contribution >= 0.6 is 0 Å². The van der Waals surface area contributed by atoms with Crippen molar-refractivity contribution in [1.82, 2.24) is 10.2 Å². The van der Waals surface area contributed by atoms with Crippen molar-refractivity contribution in [3.8, 4) is 11.1 Å². The van der Waals surface area contributed by atoms with E-state index in [-0.39, 0.29) is 40.3 Å². The van der Waals surface area contributed by atoms with Gasteiger partial charge in [-0.2, -0.15) is 0 Å². The average Bonchev–Trinajstić information content (AvgIpc) is 2.97. The number of carbonyl (C=O) groups is 1. The summed E-state index contributed by atoms with van der Waals surface area (Å²) in [7, 11) is 0. The van der Waals surface area contributed by atoms with E-state index in [4.69, 9.17) is 9.47 Å². The monoisotopic (exact) mass is 564 g/mol. The molecule has 226 valence electrons. The van der Waals surface area contributed by atoms with Crippen molar-refractivity contribution in [2.45, 2.75) is 135 Å². The minimum Gasteiger partial charge on any atom is -0.457 e. The fourth-order valence-electron chi connectivity index (χ4n) is 7.20. The van der Waals surface area contributed by atoms with Gasteiger partial charge in [0, 0.05) is 28.6 Å². The molecule has 2 aliphatic rings. The van der Waals surface area contributed by atoms with Gasteiger partial charge in [0.25, 0.3) is 0 Å². The highest BCUT2D eigenvalue weighted by Crippen LogP contribution is 2.42. The van der Waals surface area contributed by atoms with Crippen molar-refractivity contribution >= 4 is 5.97 Å². The first-order chi connectivity index (χ1) is 19.0. The minimum absolute atomic E-state index is 0.0144. The molecule has 0 aromatic heterocycles. The van der Waals surface area contributed by atoms with Crippen molar-refractivity contribution in [2.24, 2.45) is 0 Å². The molecule has 6 heteroatoms. The van der Waals surface area contributed by atoms with Gasteiger partial charge < -0.3 is 19.9 Å². The maximum atomic E-state index is 13.1. The van der Waals surface area contributed by atoms with E-state index >= 15 is 0 Å². The van der Waals surface area contributed by atoms with E-state index in [0.717, 1.165) is 55.3 Å². The van der Waals surface area contributed by atoms with Crippen molar-refractivity contribution in [1.29, 1.82) is 0 Å². The van der Waals surface area contributed by atoms with Crippen LogP contribution in [0.15, 0.2) is 48.5 Å². The molecule has 0 aliphatic carbocycles. The number of ether oxygens (including phenoxy) is 2. The fraction of sp³-hybridized carbons (Fsp3) is 0.629. The van der Waals surface area contributed by atoms with Gasteiger partial charge in [-0.1, -0.05) is 43.3 Å².